The smallest absolute Gasteiger partial charge is 0.231 e. The fourth-order valence-electron chi connectivity index (χ4n) is 1.86. The van der Waals surface area contributed by atoms with Gasteiger partial charge in [0.1, 0.15) is 0 Å². The van der Waals surface area contributed by atoms with Gasteiger partial charge in [-0.3, -0.25) is 0 Å². The zero-order valence-corrected chi connectivity index (χ0v) is 9.94. The summed E-state index contributed by atoms with van der Waals surface area (Å²) >= 11 is 1.66. The van der Waals surface area contributed by atoms with Gasteiger partial charge < -0.3 is 14.6 Å². The van der Waals surface area contributed by atoms with Crippen molar-refractivity contribution in [2.45, 2.75) is 12.5 Å². The van der Waals surface area contributed by atoms with Gasteiger partial charge in [-0.2, -0.15) is 0 Å². The zero-order chi connectivity index (χ0) is 11.7. The first-order valence-electron chi connectivity index (χ1n) is 5.43. The van der Waals surface area contributed by atoms with Crippen LogP contribution >= 0.6 is 11.3 Å². The molecule has 1 unspecified atom stereocenters. The molecule has 1 aromatic heterocycles. The van der Waals surface area contributed by atoms with Crippen LogP contribution in [-0.2, 0) is 6.42 Å². The first kappa shape index (κ1) is 10.6. The van der Waals surface area contributed by atoms with E-state index in [9.17, 15) is 5.11 Å². The Morgan fingerprint density at radius 3 is 2.94 bits per heavy atom. The number of aliphatic hydroxyl groups excluding tert-OH is 1. The molecule has 3 nitrogen and oxygen atoms in total. The van der Waals surface area contributed by atoms with E-state index in [0.29, 0.717) is 12.2 Å². The second kappa shape index (κ2) is 4.39. The highest BCUT2D eigenvalue weighted by atomic mass is 32.1. The Labute approximate surface area is 103 Å². The molecule has 0 radical (unpaired) electrons. The molecule has 0 spiro atoms. The van der Waals surface area contributed by atoms with Gasteiger partial charge in [-0.25, -0.2) is 0 Å². The van der Waals surface area contributed by atoms with Crippen molar-refractivity contribution in [1.29, 1.82) is 0 Å². The summed E-state index contributed by atoms with van der Waals surface area (Å²) in [7, 11) is 0. The monoisotopic (exact) mass is 248 g/mol. The Hall–Kier alpha value is -1.52. The average Bonchev–Trinajstić information content (AvgIpc) is 2.97. The van der Waals surface area contributed by atoms with E-state index in [-0.39, 0.29) is 6.79 Å². The molecule has 4 heteroatoms. The van der Waals surface area contributed by atoms with Crippen LogP contribution in [0.3, 0.4) is 0 Å². The number of hydrogen-bond donors (Lipinski definition) is 1. The van der Waals surface area contributed by atoms with Crippen LogP contribution in [0.2, 0.25) is 0 Å². The van der Waals surface area contributed by atoms with Crippen LogP contribution < -0.4 is 9.47 Å². The van der Waals surface area contributed by atoms with Crippen LogP contribution in [0.4, 0.5) is 0 Å². The molecule has 0 saturated carbocycles. The van der Waals surface area contributed by atoms with E-state index in [1.807, 2.05) is 35.7 Å². The second-order valence-electron chi connectivity index (χ2n) is 3.91. The molecule has 0 aliphatic carbocycles. The Bertz CT molecular complexity index is 507. The van der Waals surface area contributed by atoms with E-state index in [1.54, 1.807) is 11.3 Å². The summed E-state index contributed by atoms with van der Waals surface area (Å²) in [5, 5.41) is 12.1. The zero-order valence-electron chi connectivity index (χ0n) is 9.13. The van der Waals surface area contributed by atoms with Crippen molar-refractivity contribution in [2.24, 2.45) is 0 Å². The van der Waals surface area contributed by atoms with Crippen LogP contribution in [-0.4, -0.2) is 11.9 Å². The predicted molar refractivity (Wildman–Crippen MR) is 65.5 cm³/mol. The Morgan fingerprint density at radius 2 is 2.12 bits per heavy atom. The molecular weight excluding hydrogens is 236 g/mol. The second-order valence-corrected chi connectivity index (χ2v) is 4.94. The third-order valence-corrected chi connectivity index (χ3v) is 3.65. The molecule has 0 bridgehead atoms. The van der Waals surface area contributed by atoms with Gasteiger partial charge in [0.15, 0.2) is 11.5 Å². The topological polar surface area (TPSA) is 38.7 Å². The maximum atomic E-state index is 10.1. The minimum Gasteiger partial charge on any atom is -0.454 e. The Kier molecular flexibility index (Phi) is 2.74. The quantitative estimate of drug-likeness (QED) is 0.907. The number of fused-ring (bicyclic) bond motifs is 1. The minimum absolute atomic E-state index is 0.264. The summed E-state index contributed by atoms with van der Waals surface area (Å²) in [4.78, 5) is 1.18. The molecule has 2 heterocycles. The average molecular weight is 248 g/mol. The molecule has 0 fully saturated rings. The van der Waals surface area contributed by atoms with Gasteiger partial charge >= 0.3 is 0 Å². The lowest BCUT2D eigenvalue weighted by molar-refractivity contribution is 0.171. The van der Waals surface area contributed by atoms with Gasteiger partial charge in [-0.1, -0.05) is 12.1 Å². The molecule has 1 N–H and O–H groups in total. The van der Waals surface area contributed by atoms with Crippen molar-refractivity contribution >= 4 is 11.3 Å². The maximum Gasteiger partial charge on any atom is 0.231 e. The summed E-state index contributed by atoms with van der Waals surface area (Å²) in [6.45, 7) is 0.264. The molecule has 0 amide bonds. The van der Waals surface area contributed by atoms with E-state index in [2.05, 4.69) is 0 Å². The minimum atomic E-state index is -0.497. The summed E-state index contributed by atoms with van der Waals surface area (Å²) in [5.74, 6) is 1.46. The molecule has 1 aliphatic heterocycles. The molecule has 88 valence electrons. The summed E-state index contributed by atoms with van der Waals surface area (Å²) in [6, 6.07) is 9.59. The first-order chi connectivity index (χ1) is 8.33. The van der Waals surface area contributed by atoms with Crippen molar-refractivity contribution in [3.8, 4) is 11.5 Å². The lowest BCUT2D eigenvalue weighted by atomic mass is 10.1. The maximum absolute atomic E-state index is 10.1. The Morgan fingerprint density at radius 1 is 1.24 bits per heavy atom. The van der Waals surface area contributed by atoms with Crippen LogP contribution in [0.5, 0.6) is 11.5 Å². The van der Waals surface area contributed by atoms with Crippen molar-refractivity contribution in [1.82, 2.24) is 0 Å². The van der Waals surface area contributed by atoms with E-state index in [4.69, 9.17) is 9.47 Å². The van der Waals surface area contributed by atoms with Crippen LogP contribution in [0.1, 0.15) is 16.5 Å². The predicted octanol–water partition coefficient (Wildman–Crippen LogP) is 2.75. The molecule has 2 aromatic rings. The first-order valence-corrected chi connectivity index (χ1v) is 6.31. The molecule has 1 aliphatic rings. The third-order valence-electron chi connectivity index (χ3n) is 2.76. The molecule has 1 atom stereocenters. The molecule has 17 heavy (non-hydrogen) atoms. The van der Waals surface area contributed by atoms with Crippen LogP contribution in [0.25, 0.3) is 0 Å². The van der Waals surface area contributed by atoms with Crippen molar-refractivity contribution in [2.75, 3.05) is 6.79 Å². The van der Waals surface area contributed by atoms with Crippen LogP contribution in [0, 0.1) is 0 Å². The molecule has 0 saturated heterocycles. The number of thiophene rings is 1. The summed E-state index contributed by atoms with van der Waals surface area (Å²) in [5.41, 5.74) is 0.864. The highest BCUT2D eigenvalue weighted by molar-refractivity contribution is 7.09. The SMILES string of the molecule is OC(Cc1cccs1)c1ccc2c(c1)OCO2. The highest BCUT2D eigenvalue weighted by Crippen LogP contribution is 2.34. The van der Waals surface area contributed by atoms with Crippen molar-refractivity contribution in [3.63, 3.8) is 0 Å². The standard InChI is InChI=1S/C13H12O3S/c14-11(7-10-2-1-5-17-10)9-3-4-12-13(6-9)16-8-15-12/h1-6,11,14H,7-8H2. The number of ether oxygens (including phenoxy) is 2. The van der Waals surface area contributed by atoms with E-state index in [1.165, 1.54) is 4.88 Å². The van der Waals surface area contributed by atoms with E-state index < -0.39 is 6.10 Å². The fourth-order valence-corrected chi connectivity index (χ4v) is 2.60. The number of benzene rings is 1. The van der Waals surface area contributed by atoms with Crippen molar-refractivity contribution in [3.05, 3.63) is 46.2 Å². The van der Waals surface area contributed by atoms with Gasteiger partial charge in [-0.15, -0.1) is 11.3 Å². The molecular formula is C13H12O3S. The Balaban J connectivity index is 1.79. The number of hydrogen-bond acceptors (Lipinski definition) is 4. The van der Waals surface area contributed by atoms with Gasteiger partial charge in [0.2, 0.25) is 6.79 Å². The van der Waals surface area contributed by atoms with Crippen molar-refractivity contribution < 1.29 is 14.6 Å². The molecule has 1 aromatic carbocycles. The fraction of sp³-hybridized carbons (Fsp3) is 0.231. The van der Waals surface area contributed by atoms with Gasteiger partial charge in [0.25, 0.3) is 0 Å². The van der Waals surface area contributed by atoms with Gasteiger partial charge in [0, 0.05) is 11.3 Å². The van der Waals surface area contributed by atoms with Crippen LogP contribution in [0.15, 0.2) is 35.7 Å². The third kappa shape index (κ3) is 2.14. The van der Waals surface area contributed by atoms with E-state index >= 15 is 0 Å². The van der Waals surface area contributed by atoms with E-state index in [0.717, 1.165) is 11.3 Å². The van der Waals surface area contributed by atoms with Gasteiger partial charge in [-0.05, 0) is 29.1 Å². The van der Waals surface area contributed by atoms with Gasteiger partial charge in [0.05, 0.1) is 6.10 Å². The normalized spacial score (nSPS) is 14.9. The summed E-state index contributed by atoms with van der Waals surface area (Å²) in [6.07, 6.45) is 0.139. The lowest BCUT2D eigenvalue weighted by Gasteiger charge is -2.10. The highest BCUT2D eigenvalue weighted by Gasteiger charge is 2.16. The summed E-state index contributed by atoms with van der Waals surface area (Å²) < 4.78 is 10.5. The number of rotatable bonds is 3. The number of aliphatic hydroxyl groups is 1. The largest absolute Gasteiger partial charge is 0.454 e. The lowest BCUT2D eigenvalue weighted by Crippen LogP contribution is -2.00. The molecule has 3 rings (SSSR count).